The molecule has 2 aromatic rings. The molecule has 3 rings (SSSR count). The second kappa shape index (κ2) is 8.03. The van der Waals surface area contributed by atoms with Crippen molar-refractivity contribution in [1.29, 1.82) is 0 Å². The number of amidine groups is 1. The van der Waals surface area contributed by atoms with Crippen molar-refractivity contribution in [3.63, 3.8) is 0 Å². The van der Waals surface area contributed by atoms with E-state index in [1.807, 2.05) is 19.2 Å². The van der Waals surface area contributed by atoms with E-state index in [2.05, 4.69) is 10.3 Å². The van der Waals surface area contributed by atoms with Gasteiger partial charge in [0.05, 0.1) is 12.2 Å². The van der Waals surface area contributed by atoms with Gasteiger partial charge in [-0.1, -0.05) is 30.3 Å². The van der Waals surface area contributed by atoms with Gasteiger partial charge in [0.2, 0.25) is 5.91 Å². The smallest absolute Gasteiger partial charge is 0.219 e. The minimum Gasteiger partial charge on any atom is -0.391 e. The van der Waals surface area contributed by atoms with Gasteiger partial charge in [0.15, 0.2) is 0 Å². The van der Waals surface area contributed by atoms with Crippen LogP contribution < -0.4 is 11.1 Å². The summed E-state index contributed by atoms with van der Waals surface area (Å²) in [5.41, 5.74) is 10.1. The Morgan fingerprint density at radius 1 is 1.19 bits per heavy atom. The number of halogens is 1. The number of amides is 1. The topological polar surface area (TPSA) is 70.7 Å². The van der Waals surface area contributed by atoms with Gasteiger partial charge in [-0.3, -0.25) is 4.79 Å². The zero-order valence-corrected chi connectivity index (χ0v) is 15.5. The van der Waals surface area contributed by atoms with Gasteiger partial charge in [0, 0.05) is 43.8 Å². The number of nitrogens with zero attached hydrogens (tertiary/aromatic N) is 2. The molecule has 6 heteroatoms. The van der Waals surface area contributed by atoms with Crippen LogP contribution in [0.3, 0.4) is 0 Å². The molecule has 27 heavy (non-hydrogen) atoms. The second-order valence-corrected chi connectivity index (χ2v) is 6.42. The first kappa shape index (κ1) is 18.6. The summed E-state index contributed by atoms with van der Waals surface area (Å²) in [5, 5.41) is 3.16. The second-order valence-electron chi connectivity index (χ2n) is 6.42. The van der Waals surface area contributed by atoms with Gasteiger partial charge >= 0.3 is 0 Å². The molecule has 0 unspecified atom stereocenters. The largest absolute Gasteiger partial charge is 0.391 e. The molecule has 1 aliphatic rings. The van der Waals surface area contributed by atoms with Crippen molar-refractivity contribution in [3.8, 4) is 11.1 Å². The number of rotatable bonds is 4. The maximum absolute atomic E-state index is 13.9. The third-order valence-electron chi connectivity index (χ3n) is 4.70. The minimum absolute atomic E-state index is 0.0182. The summed E-state index contributed by atoms with van der Waals surface area (Å²) in [6, 6.07) is 13.9. The normalized spacial score (nSPS) is 15.1. The Balaban J connectivity index is 1.86. The van der Waals surface area contributed by atoms with Crippen molar-refractivity contribution in [2.45, 2.75) is 13.3 Å². The molecule has 0 fully saturated rings. The quantitative estimate of drug-likeness (QED) is 0.645. The van der Waals surface area contributed by atoms with Crippen LogP contribution in [0.2, 0.25) is 0 Å². The van der Waals surface area contributed by atoms with E-state index in [0.717, 1.165) is 16.8 Å². The van der Waals surface area contributed by atoms with Gasteiger partial charge in [0.1, 0.15) is 11.7 Å². The van der Waals surface area contributed by atoms with Crippen LogP contribution in [0.1, 0.15) is 13.3 Å². The number of nitrogens with one attached hydrogen (secondary N) is 1. The monoisotopic (exact) mass is 366 g/mol. The lowest BCUT2D eigenvalue weighted by atomic mass is 10.0. The summed E-state index contributed by atoms with van der Waals surface area (Å²) in [6.45, 7) is 2.66. The maximum atomic E-state index is 13.9. The van der Waals surface area contributed by atoms with E-state index in [-0.39, 0.29) is 11.7 Å². The lowest BCUT2D eigenvalue weighted by Gasteiger charge is -2.29. The van der Waals surface area contributed by atoms with Crippen molar-refractivity contribution in [1.82, 2.24) is 10.2 Å². The van der Waals surface area contributed by atoms with Crippen LogP contribution in [-0.4, -0.2) is 36.8 Å². The van der Waals surface area contributed by atoms with Crippen LogP contribution in [0, 0.1) is 5.82 Å². The highest BCUT2D eigenvalue weighted by Gasteiger charge is 2.22. The molecule has 0 spiro atoms. The highest BCUT2D eigenvalue weighted by Crippen LogP contribution is 2.25. The molecule has 5 nitrogen and oxygen atoms in total. The van der Waals surface area contributed by atoms with Crippen LogP contribution in [0.25, 0.3) is 11.1 Å². The first-order valence-corrected chi connectivity index (χ1v) is 8.84. The zero-order chi connectivity index (χ0) is 19.4. The molecule has 2 aromatic carbocycles. The first-order chi connectivity index (χ1) is 13.0. The molecule has 1 heterocycles. The number of carbonyl (C=O) groups is 1. The van der Waals surface area contributed by atoms with Gasteiger partial charge in [-0.15, -0.1) is 0 Å². The minimum atomic E-state index is -0.261. The first-order valence-electron chi connectivity index (χ1n) is 8.84. The Bertz CT molecular complexity index is 903. The van der Waals surface area contributed by atoms with Gasteiger partial charge < -0.3 is 16.0 Å². The van der Waals surface area contributed by atoms with Crippen molar-refractivity contribution < 1.29 is 9.18 Å². The SMILES string of the molecule is CNC1=C(C(N)=Nc2ccc(-c3ccccc3F)cc2)CN(C(C)=O)CC1. The van der Waals surface area contributed by atoms with Crippen LogP contribution in [0.4, 0.5) is 10.1 Å². The molecule has 0 radical (unpaired) electrons. The van der Waals surface area contributed by atoms with Gasteiger partial charge in [0.25, 0.3) is 0 Å². The van der Waals surface area contributed by atoms with E-state index in [9.17, 15) is 9.18 Å². The molecule has 140 valence electrons. The molecular weight excluding hydrogens is 343 g/mol. The lowest BCUT2D eigenvalue weighted by molar-refractivity contribution is -0.128. The summed E-state index contributed by atoms with van der Waals surface area (Å²) in [4.78, 5) is 17.9. The average molecular weight is 366 g/mol. The van der Waals surface area contributed by atoms with Gasteiger partial charge in [-0.05, 0) is 23.8 Å². The molecule has 0 saturated carbocycles. The summed E-state index contributed by atoms with van der Waals surface area (Å²) in [7, 11) is 1.84. The van der Waals surface area contributed by atoms with E-state index in [1.54, 1.807) is 42.2 Å². The third kappa shape index (κ3) is 4.16. The number of benzene rings is 2. The van der Waals surface area contributed by atoms with Gasteiger partial charge in [-0.2, -0.15) is 0 Å². The van der Waals surface area contributed by atoms with E-state index in [0.29, 0.717) is 36.6 Å². The Morgan fingerprint density at radius 3 is 2.52 bits per heavy atom. The Labute approximate surface area is 158 Å². The predicted octanol–water partition coefficient (Wildman–Crippen LogP) is 3.21. The van der Waals surface area contributed by atoms with E-state index in [1.165, 1.54) is 6.07 Å². The number of hydrogen-bond donors (Lipinski definition) is 2. The van der Waals surface area contributed by atoms with E-state index < -0.39 is 0 Å². The predicted molar refractivity (Wildman–Crippen MR) is 106 cm³/mol. The molecule has 0 aromatic heterocycles. The number of aliphatic imine (C=N–C) groups is 1. The Morgan fingerprint density at radius 2 is 1.89 bits per heavy atom. The summed E-state index contributed by atoms with van der Waals surface area (Å²) < 4.78 is 13.9. The van der Waals surface area contributed by atoms with E-state index in [4.69, 9.17) is 5.73 Å². The Hall–Kier alpha value is -3.15. The molecule has 1 aliphatic heterocycles. The Kier molecular flexibility index (Phi) is 5.54. The number of nitrogens with two attached hydrogens (primary N) is 1. The van der Waals surface area contributed by atoms with Crippen LogP contribution >= 0.6 is 0 Å². The number of hydrogen-bond acceptors (Lipinski definition) is 3. The summed E-state index contributed by atoms with van der Waals surface area (Å²) in [5.74, 6) is 0.136. The van der Waals surface area contributed by atoms with Crippen molar-refractivity contribution in [3.05, 3.63) is 65.6 Å². The van der Waals surface area contributed by atoms with E-state index >= 15 is 0 Å². The fraction of sp³-hybridized carbons (Fsp3) is 0.238. The molecule has 0 atom stereocenters. The highest BCUT2D eigenvalue weighted by molar-refractivity contribution is 6.00. The fourth-order valence-corrected chi connectivity index (χ4v) is 3.16. The molecule has 0 saturated heterocycles. The van der Waals surface area contributed by atoms with Crippen molar-refractivity contribution >= 4 is 17.4 Å². The summed E-state index contributed by atoms with van der Waals surface area (Å²) >= 11 is 0. The zero-order valence-electron chi connectivity index (χ0n) is 15.5. The fourth-order valence-electron chi connectivity index (χ4n) is 3.16. The van der Waals surface area contributed by atoms with Gasteiger partial charge in [-0.25, -0.2) is 9.38 Å². The summed E-state index contributed by atoms with van der Waals surface area (Å²) in [6.07, 6.45) is 0.716. The standard InChI is InChI=1S/C21H23FN4O/c1-14(27)26-12-11-20(24-2)18(13-26)21(23)25-16-9-7-15(8-10-16)17-5-3-4-6-19(17)22/h3-10,24H,11-13H2,1-2H3,(H2,23,25). The molecular formula is C21H23FN4O. The molecule has 0 aliphatic carbocycles. The van der Waals surface area contributed by atoms with Crippen molar-refractivity contribution in [2.24, 2.45) is 10.7 Å². The molecule has 3 N–H and O–H groups in total. The lowest BCUT2D eigenvalue weighted by Crippen LogP contribution is -2.40. The number of carbonyl (C=O) groups excluding carboxylic acids is 1. The highest BCUT2D eigenvalue weighted by atomic mass is 19.1. The third-order valence-corrected chi connectivity index (χ3v) is 4.70. The van der Waals surface area contributed by atoms with Crippen LogP contribution in [0.5, 0.6) is 0 Å². The maximum Gasteiger partial charge on any atom is 0.219 e. The molecule has 0 bridgehead atoms. The molecule has 1 amide bonds. The van der Waals surface area contributed by atoms with Crippen LogP contribution in [0.15, 0.2) is 64.8 Å². The average Bonchev–Trinajstić information content (AvgIpc) is 2.68. The van der Waals surface area contributed by atoms with Crippen molar-refractivity contribution in [2.75, 3.05) is 20.1 Å². The van der Waals surface area contributed by atoms with Crippen LogP contribution in [-0.2, 0) is 4.79 Å².